The molecule has 122 valence electrons. The van der Waals surface area contributed by atoms with E-state index in [9.17, 15) is 9.90 Å². The SMILES string of the molecule is COc1ccc(OC)c(CC(=O)NCCc2ccc(O)cc2)c1. The molecule has 0 aliphatic heterocycles. The second-order valence-corrected chi connectivity index (χ2v) is 5.12. The smallest absolute Gasteiger partial charge is 0.224 e. The molecule has 0 fully saturated rings. The third kappa shape index (κ3) is 4.92. The van der Waals surface area contributed by atoms with Crippen LogP contribution in [-0.4, -0.2) is 31.8 Å². The van der Waals surface area contributed by atoms with Gasteiger partial charge in [0.1, 0.15) is 17.2 Å². The highest BCUT2D eigenvalue weighted by molar-refractivity contribution is 5.79. The summed E-state index contributed by atoms with van der Waals surface area (Å²) in [5.41, 5.74) is 1.84. The molecular weight excluding hydrogens is 294 g/mol. The summed E-state index contributed by atoms with van der Waals surface area (Å²) >= 11 is 0. The lowest BCUT2D eigenvalue weighted by Crippen LogP contribution is -2.27. The predicted octanol–water partition coefficient (Wildman–Crippen LogP) is 2.31. The molecular formula is C18H21NO4. The highest BCUT2D eigenvalue weighted by Gasteiger charge is 2.10. The number of hydrogen-bond acceptors (Lipinski definition) is 4. The number of carbonyl (C=O) groups excluding carboxylic acids is 1. The highest BCUT2D eigenvalue weighted by atomic mass is 16.5. The van der Waals surface area contributed by atoms with Crippen LogP contribution in [-0.2, 0) is 17.6 Å². The summed E-state index contributed by atoms with van der Waals surface area (Å²) in [5, 5.41) is 12.1. The molecule has 2 aromatic carbocycles. The molecule has 0 radical (unpaired) electrons. The molecule has 0 saturated heterocycles. The van der Waals surface area contributed by atoms with Gasteiger partial charge >= 0.3 is 0 Å². The largest absolute Gasteiger partial charge is 0.508 e. The van der Waals surface area contributed by atoms with Crippen molar-refractivity contribution < 1.29 is 19.4 Å². The molecule has 0 heterocycles. The molecule has 0 saturated carbocycles. The molecule has 0 atom stereocenters. The van der Waals surface area contributed by atoms with Crippen molar-refractivity contribution in [3.8, 4) is 17.2 Å². The number of benzene rings is 2. The Labute approximate surface area is 135 Å². The summed E-state index contributed by atoms with van der Waals surface area (Å²) in [5.74, 6) is 1.52. The number of rotatable bonds is 7. The maximum atomic E-state index is 12.1. The van der Waals surface area contributed by atoms with E-state index >= 15 is 0 Å². The Morgan fingerprint density at radius 3 is 2.48 bits per heavy atom. The lowest BCUT2D eigenvalue weighted by Gasteiger charge is -2.11. The van der Waals surface area contributed by atoms with Gasteiger partial charge in [0.15, 0.2) is 0 Å². The number of methoxy groups -OCH3 is 2. The topological polar surface area (TPSA) is 67.8 Å². The number of amides is 1. The van der Waals surface area contributed by atoms with Crippen LogP contribution in [0.2, 0.25) is 0 Å². The number of phenols is 1. The fourth-order valence-electron chi connectivity index (χ4n) is 2.26. The standard InChI is InChI=1S/C18H21NO4/c1-22-16-7-8-17(23-2)14(11-16)12-18(21)19-10-9-13-3-5-15(20)6-4-13/h3-8,11,20H,9-10,12H2,1-2H3,(H,19,21). The van der Waals surface area contributed by atoms with Crippen LogP contribution in [0.5, 0.6) is 17.2 Å². The zero-order valence-corrected chi connectivity index (χ0v) is 13.3. The zero-order chi connectivity index (χ0) is 16.7. The average Bonchev–Trinajstić information content (AvgIpc) is 2.56. The molecule has 0 bridgehead atoms. The fraction of sp³-hybridized carbons (Fsp3) is 0.278. The first-order valence-corrected chi connectivity index (χ1v) is 7.38. The number of carbonyl (C=O) groups is 1. The van der Waals surface area contributed by atoms with Crippen LogP contribution in [0.3, 0.4) is 0 Å². The molecule has 1 amide bonds. The minimum Gasteiger partial charge on any atom is -0.508 e. The second-order valence-electron chi connectivity index (χ2n) is 5.12. The molecule has 0 aliphatic carbocycles. The van der Waals surface area contributed by atoms with Crippen molar-refractivity contribution in [3.63, 3.8) is 0 Å². The number of hydrogen-bond donors (Lipinski definition) is 2. The van der Waals surface area contributed by atoms with E-state index in [0.717, 1.165) is 11.1 Å². The summed E-state index contributed by atoms with van der Waals surface area (Å²) in [7, 11) is 3.16. The lowest BCUT2D eigenvalue weighted by atomic mass is 10.1. The van der Waals surface area contributed by atoms with E-state index in [1.54, 1.807) is 44.6 Å². The first-order valence-electron chi connectivity index (χ1n) is 7.38. The Kier molecular flexibility index (Phi) is 5.86. The molecule has 2 aromatic rings. The highest BCUT2D eigenvalue weighted by Crippen LogP contribution is 2.24. The van der Waals surface area contributed by atoms with Gasteiger partial charge in [-0.15, -0.1) is 0 Å². The normalized spacial score (nSPS) is 10.2. The molecule has 5 heteroatoms. The van der Waals surface area contributed by atoms with Crippen LogP contribution in [0.4, 0.5) is 0 Å². The van der Waals surface area contributed by atoms with Crippen molar-refractivity contribution in [2.24, 2.45) is 0 Å². The number of phenolic OH excluding ortho intramolecular Hbond substituents is 1. The van der Waals surface area contributed by atoms with Gasteiger partial charge in [0, 0.05) is 12.1 Å². The van der Waals surface area contributed by atoms with Crippen molar-refractivity contribution in [3.05, 3.63) is 53.6 Å². The van der Waals surface area contributed by atoms with Crippen LogP contribution >= 0.6 is 0 Å². The zero-order valence-electron chi connectivity index (χ0n) is 13.3. The fourth-order valence-corrected chi connectivity index (χ4v) is 2.26. The van der Waals surface area contributed by atoms with Gasteiger partial charge < -0.3 is 19.9 Å². The molecule has 2 rings (SSSR count). The van der Waals surface area contributed by atoms with Gasteiger partial charge in [-0.2, -0.15) is 0 Å². The monoisotopic (exact) mass is 315 g/mol. The van der Waals surface area contributed by atoms with Crippen LogP contribution in [0.1, 0.15) is 11.1 Å². The van der Waals surface area contributed by atoms with Gasteiger partial charge in [-0.05, 0) is 42.3 Å². The van der Waals surface area contributed by atoms with E-state index in [1.807, 2.05) is 12.1 Å². The molecule has 0 aromatic heterocycles. The summed E-state index contributed by atoms with van der Waals surface area (Å²) in [6, 6.07) is 12.3. The van der Waals surface area contributed by atoms with E-state index in [0.29, 0.717) is 24.5 Å². The van der Waals surface area contributed by atoms with Gasteiger partial charge in [-0.25, -0.2) is 0 Å². The van der Waals surface area contributed by atoms with E-state index in [2.05, 4.69) is 5.32 Å². The third-order valence-electron chi connectivity index (χ3n) is 3.51. The molecule has 0 unspecified atom stereocenters. The van der Waals surface area contributed by atoms with E-state index in [-0.39, 0.29) is 18.1 Å². The van der Waals surface area contributed by atoms with Gasteiger partial charge in [-0.3, -0.25) is 4.79 Å². The van der Waals surface area contributed by atoms with E-state index in [4.69, 9.17) is 9.47 Å². The van der Waals surface area contributed by atoms with Crippen molar-refractivity contribution in [1.82, 2.24) is 5.32 Å². The Morgan fingerprint density at radius 1 is 1.09 bits per heavy atom. The minimum absolute atomic E-state index is 0.0738. The summed E-state index contributed by atoms with van der Waals surface area (Å²) < 4.78 is 10.4. The van der Waals surface area contributed by atoms with E-state index in [1.165, 1.54) is 0 Å². The lowest BCUT2D eigenvalue weighted by molar-refractivity contribution is -0.120. The van der Waals surface area contributed by atoms with Gasteiger partial charge in [0.05, 0.1) is 20.6 Å². The molecule has 5 nitrogen and oxygen atoms in total. The maximum absolute atomic E-state index is 12.1. The second kappa shape index (κ2) is 8.08. The van der Waals surface area contributed by atoms with Crippen molar-refractivity contribution in [2.45, 2.75) is 12.8 Å². The average molecular weight is 315 g/mol. The first-order chi connectivity index (χ1) is 11.1. The summed E-state index contributed by atoms with van der Waals surface area (Å²) in [4.78, 5) is 12.1. The summed E-state index contributed by atoms with van der Waals surface area (Å²) in [6.45, 7) is 0.538. The summed E-state index contributed by atoms with van der Waals surface area (Å²) in [6.07, 6.45) is 0.942. The Morgan fingerprint density at radius 2 is 1.83 bits per heavy atom. The first kappa shape index (κ1) is 16.7. The van der Waals surface area contributed by atoms with Gasteiger partial charge in [-0.1, -0.05) is 12.1 Å². The minimum atomic E-state index is -0.0738. The quantitative estimate of drug-likeness (QED) is 0.823. The van der Waals surface area contributed by atoms with E-state index < -0.39 is 0 Å². The number of ether oxygens (including phenoxy) is 2. The number of aromatic hydroxyl groups is 1. The van der Waals surface area contributed by atoms with Crippen LogP contribution < -0.4 is 14.8 Å². The molecule has 0 aliphatic rings. The maximum Gasteiger partial charge on any atom is 0.224 e. The number of nitrogens with one attached hydrogen (secondary N) is 1. The van der Waals surface area contributed by atoms with Gasteiger partial charge in [0.2, 0.25) is 5.91 Å². The predicted molar refractivity (Wildman–Crippen MR) is 88.1 cm³/mol. The van der Waals surface area contributed by atoms with Crippen molar-refractivity contribution in [1.29, 1.82) is 0 Å². The molecule has 2 N–H and O–H groups in total. The Hall–Kier alpha value is -2.69. The van der Waals surface area contributed by atoms with Crippen LogP contribution in [0.25, 0.3) is 0 Å². The van der Waals surface area contributed by atoms with Crippen LogP contribution in [0.15, 0.2) is 42.5 Å². The molecule has 23 heavy (non-hydrogen) atoms. The Balaban J connectivity index is 1.88. The Bertz CT molecular complexity index is 653. The third-order valence-corrected chi connectivity index (χ3v) is 3.51. The van der Waals surface area contributed by atoms with Crippen molar-refractivity contribution >= 4 is 5.91 Å². The van der Waals surface area contributed by atoms with Crippen LogP contribution in [0, 0.1) is 0 Å². The van der Waals surface area contributed by atoms with Crippen molar-refractivity contribution in [2.75, 3.05) is 20.8 Å². The van der Waals surface area contributed by atoms with Gasteiger partial charge in [0.25, 0.3) is 0 Å². The molecule has 0 spiro atoms.